The molecule has 0 N–H and O–H groups in total. The second-order valence-corrected chi connectivity index (χ2v) is 5.33. The maximum atomic E-state index is 4.67. The molecule has 0 saturated carbocycles. The predicted octanol–water partition coefficient (Wildman–Crippen LogP) is 4.67. The van der Waals surface area contributed by atoms with Crippen molar-refractivity contribution < 1.29 is 0 Å². The van der Waals surface area contributed by atoms with Gasteiger partial charge in [-0.05, 0) is 12.1 Å². The lowest BCUT2D eigenvalue weighted by Crippen LogP contribution is -1.99. The minimum atomic E-state index is 0.652. The number of benzene rings is 3. The van der Waals surface area contributed by atoms with Gasteiger partial charge in [-0.2, -0.15) is 0 Å². The van der Waals surface area contributed by atoms with Crippen molar-refractivity contribution in [3.05, 3.63) is 91.0 Å². The predicted molar refractivity (Wildman–Crippen MR) is 95.0 cm³/mol. The van der Waals surface area contributed by atoms with Gasteiger partial charge in [0.2, 0.25) is 0 Å². The fraction of sp³-hybridized carbons (Fsp3) is 0. The molecule has 3 aromatic carbocycles. The normalized spacial score (nSPS) is 10.5. The first-order chi connectivity index (χ1) is 11.9. The molecule has 1 heterocycles. The van der Waals surface area contributed by atoms with Crippen LogP contribution in [0.3, 0.4) is 0 Å². The third kappa shape index (κ3) is 2.92. The van der Waals surface area contributed by atoms with Crippen LogP contribution in [-0.4, -0.2) is 15.0 Å². The van der Waals surface area contributed by atoms with Crippen molar-refractivity contribution in [3.63, 3.8) is 0 Å². The van der Waals surface area contributed by atoms with Crippen LogP contribution in [0.15, 0.2) is 84.9 Å². The van der Waals surface area contributed by atoms with E-state index in [4.69, 9.17) is 0 Å². The van der Waals surface area contributed by atoms with Crippen LogP contribution in [0.2, 0.25) is 0 Å². The second-order valence-electron chi connectivity index (χ2n) is 5.33. The molecule has 0 unspecified atom stereocenters. The summed E-state index contributed by atoms with van der Waals surface area (Å²) >= 11 is 0. The van der Waals surface area contributed by atoms with Gasteiger partial charge in [-0.1, -0.05) is 78.9 Å². The highest BCUT2D eigenvalue weighted by molar-refractivity contribution is 5.66. The van der Waals surface area contributed by atoms with Gasteiger partial charge in [0.25, 0.3) is 0 Å². The lowest BCUT2D eigenvalue weighted by Gasteiger charge is -2.08. The van der Waals surface area contributed by atoms with Crippen molar-refractivity contribution in [1.82, 2.24) is 15.0 Å². The molecule has 0 bridgehead atoms. The van der Waals surface area contributed by atoms with Crippen molar-refractivity contribution >= 4 is 0 Å². The van der Waals surface area contributed by atoms with E-state index in [0.29, 0.717) is 17.5 Å². The van der Waals surface area contributed by atoms with Gasteiger partial charge in [0.05, 0.1) is 0 Å². The Morgan fingerprint density at radius 1 is 0.500 bits per heavy atom. The van der Waals surface area contributed by atoms with E-state index in [1.54, 1.807) is 0 Å². The van der Waals surface area contributed by atoms with Crippen molar-refractivity contribution in [2.75, 3.05) is 0 Å². The molecule has 4 rings (SSSR count). The summed E-state index contributed by atoms with van der Waals surface area (Å²) in [5.41, 5.74) is 2.87. The Bertz CT molecular complexity index is 797. The molecule has 24 heavy (non-hydrogen) atoms. The Hall–Kier alpha value is -3.33. The molecular formula is C21H14N3. The Morgan fingerprint density at radius 2 is 0.958 bits per heavy atom. The molecule has 0 aliphatic carbocycles. The number of hydrogen-bond donors (Lipinski definition) is 0. The fourth-order valence-corrected chi connectivity index (χ4v) is 2.47. The van der Waals surface area contributed by atoms with Gasteiger partial charge in [-0.3, -0.25) is 0 Å². The first kappa shape index (κ1) is 14.3. The molecule has 0 amide bonds. The SMILES string of the molecule is [c]1cccc(-c2nc(-c3ccccc3)nc(-c3ccccc3)n2)c1. The molecule has 1 radical (unpaired) electrons. The first-order valence-corrected chi connectivity index (χ1v) is 7.73. The van der Waals surface area contributed by atoms with E-state index < -0.39 is 0 Å². The minimum Gasteiger partial charge on any atom is -0.208 e. The Balaban J connectivity index is 1.92. The average molecular weight is 308 g/mol. The molecule has 0 atom stereocenters. The third-order valence-electron chi connectivity index (χ3n) is 3.66. The third-order valence-corrected chi connectivity index (χ3v) is 3.66. The van der Waals surface area contributed by atoms with Gasteiger partial charge < -0.3 is 0 Å². The molecule has 0 saturated heterocycles. The van der Waals surface area contributed by atoms with E-state index in [2.05, 4.69) is 21.0 Å². The Labute approximate surface area is 140 Å². The minimum absolute atomic E-state index is 0.652. The van der Waals surface area contributed by atoms with Crippen molar-refractivity contribution in [2.24, 2.45) is 0 Å². The summed E-state index contributed by atoms with van der Waals surface area (Å²) in [4.78, 5) is 14.0. The van der Waals surface area contributed by atoms with E-state index >= 15 is 0 Å². The van der Waals surface area contributed by atoms with E-state index in [0.717, 1.165) is 16.7 Å². The number of hydrogen-bond acceptors (Lipinski definition) is 3. The summed E-state index contributed by atoms with van der Waals surface area (Å²) in [5.74, 6) is 1.99. The van der Waals surface area contributed by atoms with Crippen LogP contribution < -0.4 is 0 Å². The van der Waals surface area contributed by atoms with Crippen LogP contribution >= 0.6 is 0 Å². The largest absolute Gasteiger partial charge is 0.208 e. The standard InChI is InChI=1S/C21H14N3/c1-4-10-16(11-5-1)19-22-20(17-12-6-2-7-13-17)24-21(23-19)18-14-8-3-9-15-18/h1-8,10-15H. The summed E-state index contributed by atoms with van der Waals surface area (Å²) in [6.07, 6.45) is 0. The number of nitrogens with zero attached hydrogens (tertiary/aromatic N) is 3. The van der Waals surface area contributed by atoms with Crippen LogP contribution in [-0.2, 0) is 0 Å². The van der Waals surface area contributed by atoms with Gasteiger partial charge in [-0.15, -0.1) is 0 Å². The fourth-order valence-electron chi connectivity index (χ4n) is 2.47. The highest BCUT2D eigenvalue weighted by Gasteiger charge is 2.11. The maximum Gasteiger partial charge on any atom is 0.164 e. The zero-order valence-electron chi connectivity index (χ0n) is 12.9. The van der Waals surface area contributed by atoms with Gasteiger partial charge in [0, 0.05) is 16.7 Å². The quantitative estimate of drug-likeness (QED) is 0.552. The van der Waals surface area contributed by atoms with Crippen molar-refractivity contribution in [1.29, 1.82) is 0 Å². The summed E-state index contributed by atoms with van der Waals surface area (Å²) in [6.45, 7) is 0. The van der Waals surface area contributed by atoms with Gasteiger partial charge >= 0.3 is 0 Å². The molecule has 4 aromatic rings. The van der Waals surface area contributed by atoms with Crippen molar-refractivity contribution in [3.8, 4) is 34.2 Å². The molecule has 1 aromatic heterocycles. The average Bonchev–Trinajstić information content (AvgIpc) is 2.70. The molecule has 0 aliphatic rings. The molecule has 3 nitrogen and oxygen atoms in total. The van der Waals surface area contributed by atoms with Crippen LogP contribution in [0.4, 0.5) is 0 Å². The molecule has 113 valence electrons. The van der Waals surface area contributed by atoms with E-state index in [1.807, 2.05) is 84.9 Å². The second kappa shape index (κ2) is 6.42. The van der Waals surface area contributed by atoms with Crippen LogP contribution in [0.1, 0.15) is 0 Å². The lowest BCUT2D eigenvalue weighted by atomic mass is 10.1. The van der Waals surface area contributed by atoms with E-state index in [1.165, 1.54) is 0 Å². The van der Waals surface area contributed by atoms with E-state index in [-0.39, 0.29) is 0 Å². The summed E-state index contributed by atoms with van der Waals surface area (Å²) < 4.78 is 0. The number of rotatable bonds is 3. The van der Waals surface area contributed by atoms with E-state index in [9.17, 15) is 0 Å². The molecule has 0 aliphatic heterocycles. The van der Waals surface area contributed by atoms with Crippen LogP contribution in [0, 0.1) is 6.07 Å². The summed E-state index contributed by atoms with van der Waals surface area (Å²) in [5, 5.41) is 0. The lowest BCUT2D eigenvalue weighted by molar-refractivity contribution is 1.07. The van der Waals surface area contributed by atoms with Crippen LogP contribution in [0.25, 0.3) is 34.2 Å². The van der Waals surface area contributed by atoms with Crippen molar-refractivity contribution in [2.45, 2.75) is 0 Å². The number of aromatic nitrogens is 3. The Morgan fingerprint density at radius 3 is 1.42 bits per heavy atom. The maximum absolute atomic E-state index is 4.67. The highest BCUT2D eigenvalue weighted by atomic mass is 15.0. The van der Waals surface area contributed by atoms with Gasteiger partial charge in [0.1, 0.15) is 0 Å². The highest BCUT2D eigenvalue weighted by Crippen LogP contribution is 2.23. The van der Waals surface area contributed by atoms with Gasteiger partial charge in [0.15, 0.2) is 17.5 Å². The molecule has 0 fully saturated rings. The van der Waals surface area contributed by atoms with Gasteiger partial charge in [-0.25, -0.2) is 15.0 Å². The monoisotopic (exact) mass is 308 g/mol. The smallest absolute Gasteiger partial charge is 0.164 e. The zero-order valence-corrected chi connectivity index (χ0v) is 12.9. The topological polar surface area (TPSA) is 38.7 Å². The Kier molecular flexibility index (Phi) is 3.82. The summed E-state index contributed by atoms with van der Waals surface area (Å²) in [6, 6.07) is 30.7. The van der Waals surface area contributed by atoms with Crippen LogP contribution in [0.5, 0.6) is 0 Å². The molecule has 0 spiro atoms. The zero-order chi connectivity index (χ0) is 16.2. The molecular weight excluding hydrogens is 294 g/mol. The first-order valence-electron chi connectivity index (χ1n) is 7.73. The molecule has 3 heteroatoms. The summed E-state index contributed by atoms with van der Waals surface area (Å²) in [7, 11) is 0.